The maximum absolute atomic E-state index is 4.43. The lowest BCUT2D eigenvalue weighted by Crippen LogP contribution is -1.92. The topological polar surface area (TPSA) is 25.8 Å². The van der Waals surface area contributed by atoms with Crippen LogP contribution in [-0.2, 0) is 0 Å². The van der Waals surface area contributed by atoms with Crippen LogP contribution in [0.5, 0.6) is 0 Å². The maximum Gasteiger partial charge on any atom is 0.159 e. The molecule has 0 atom stereocenters. The molecule has 24 heavy (non-hydrogen) atoms. The lowest BCUT2D eigenvalue weighted by atomic mass is 9.91. The minimum absolute atomic E-state index is 0.746. The van der Waals surface area contributed by atoms with Gasteiger partial charge in [0.1, 0.15) is 0 Å². The molecule has 0 radical (unpaired) electrons. The van der Waals surface area contributed by atoms with Gasteiger partial charge in [-0.25, -0.2) is 9.97 Å². The molecule has 0 aliphatic heterocycles. The van der Waals surface area contributed by atoms with Gasteiger partial charge >= 0.3 is 0 Å². The summed E-state index contributed by atoms with van der Waals surface area (Å²) in [4.78, 5) is 8.85. The Morgan fingerprint density at radius 2 is 0.917 bits per heavy atom. The van der Waals surface area contributed by atoms with Crippen LogP contribution < -0.4 is 0 Å². The highest BCUT2D eigenvalue weighted by atomic mass is 14.9. The molecule has 0 spiro atoms. The monoisotopic (exact) mass is 308 g/mol. The Balaban J connectivity index is 1.93. The SMILES string of the molecule is c1ccc(-c2ccccc2-c2ccccc2-c2ncccn2)cc1. The van der Waals surface area contributed by atoms with Crippen molar-refractivity contribution in [3.63, 3.8) is 0 Å². The van der Waals surface area contributed by atoms with Crippen molar-refractivity contribution < 1.29 is 0 Å². The van der Waals surface area contributed by atoms with Gasteiger partial charge in [0, 0.05) is 18.0 Å². The first kappa shape index (κ1) is 14.3. The van der Waals surface area contributed by atoms with Gasteiger partial charge in [-0.1, -0.05) is 78.9 Å². The number of nitrogens with zero attached hydrogens (tertiary/aromatic N) is 2. The van der Waals surface area contributed by atoms with Gasteiger partial charge < -0.3 is 0 Å². The average Bonchev–Trinajstić information content (AvgIpc) is 2.69. The van der Waals surface area contributed by atoms with E-state index in [1.807, 2.05) is 18.2 Å². The van der Waals surface area contributed by atoms with E-state index in [-0.39, 0.29) is 0 Å². The summed E-state index contributed by atoms with van der Waals surface area (Å²) in [5, 5.41) is 0. The molecule has 4 rings (SSSR count). The molecule has 0 aliphatic carbocycles. The van der Waals surface area contributed by atoms with Crippen molar-refractivity contribution in [2.75, 3.05) is 0 Å². The normalized spacial score (nSPS) is 10.5. The molecule has 0 bridgehead atoms. The highest BCUT2D eigenvalue weighted by molar-refractivity contribution is 5.90. The quantitative estimate of drug-likeness (QED) is 0.501. The average molecular weight is 308 g/mol. The van der Waals surface area contributed by atoms with Gasteiger partial charge in [-0.05, 0) is 28.3 Å². The zero-order chi connectivity index (χ0) is 16.2. The van der Waals surface area contributed by atoms with E-state index >= 15 is 0 Å². The van der Waals surface area contributed by atoms with Crippen LogP contribution in [0, 0.1) is 0 Å². The Morgan fingerprint density at radius 3 is 1.58 bits per heavy atom. The number of rotatable bonds is 3. The Labute approximate surface area is 141 Å². The number of aromatic nitrogens is 2. The maximum atomic E-state index is 4.43. The van der Waals surface area contributed by atoms with Crippen LogP contribution in [0.25, 0.3) is 33.6 Å². The Bertz CT molecular complexity index is 867. The van der Waals surface area contributed by atoms with Crippen LogP contribution >= 0.6 is 0 Å². The summed E-state index contributed by atoms with van der Waals surface area (Å²) >= 11 is 0. The molecule has 0 N–H and O–H groups in total. The van der Waals surface area contributed by atoms with Crippen LogP contribution in [0.1, 0.15) is 0 Å². The van der Waals surface area contributed by atoms with Crippen LogP contribution in [0.4, 0.5) is 0 Å². The van der Waals surface area contributed by atoms with Gasteiger partial charge in [0.2, 0.25) is 0 Å². The summed E-state index contributed by atoms with van der Waals surface area (Å²) in [7, 11) is 0. The fourth-order valence-electron chi connectivity index (χ4n) is 2.94. The second kappa shape index (κ2) is 6.47. The van der Waals surface area contributed by atoms with Crippen molar-refractivity contribution in [2.45, 2.75) is 0 Å². The molecule has 3 aromatic carbocycles. The number of hydrogen-bond acceptors (Lipinski definition) is 2. The van der Waals surface area contributed by atoms with Crippen molar-refractivity contribution in [3.05, 3.63) is 97.3 Å². The van der Waals surface area contributed by atoms with E-state index in [2.05, 4.69) is 76.7 Å². The minimum Gasteiger partial charge on any atom is -0.237 e. The van der Waals surface area contributed by atoms with E-state index in [9.17, 15) is 0 Å². The fraction of sp³-hybridized carbons (Fsp3) is 0. The summed E-state index contributed by atoms with van der Waals surface area (Å²) in [6.45, 7) is 0. The highest BCUT2D eigenvalue weighted by Gasteiger charge is 2.12. The summed E-state index contributed by atoms with van der Waals surface area (Å²) in [5.41, 5.74) is 5.79. The molecule has 0 saturated heterocycles. The molecule has 0 amide bonds. The van der Waals surface area contributed by atoms with E-state index in [0.29, 0.717) is 0 Å². The first-order valence-corrected chi connectivity index (χ1v) is 7.95. The van der Waals surface area contributed by atoms with E-state index in [1.165, 1.54) is 16.7 Å². The molecule has 114 valence electrons. The lowest BCUT2D eigenvalue weighted by molar-refractivity contribution is 1.18. The Morgan fingerprint density at radius 1 is 0.417 bits per heavy atom. The Hall–Kier alpha value is -3.26. The van der Waals surface area contributed by atoms with Crippen molar-refractivity contribution in [2.24, 2.45) is 0 Å². The van der Waals surface area contributed by atoms with E-state index in [4.69, 9.17) is 0 Å². The molecule has 0 unspecified atom stereocenters. The second-order valence-corrected chi connectivity index (χ2v) is 5.53. The van der Waals surface area contributed by atoms with Gasteiger partial charge in [0.25, 0.3) is 0 Å². The number of hydrogen-bond donors (Lipinski definition) is 0. The van der Waals surface area contributed by atoms with Gasteiger partial charge in [-0.2, -0.15) is 0 Å². The van der Waals surface area contributed by atoms with E-state index < -0.39 is 0 Å². The molecule has 0 saturated carbocycles. The van der Waals surface area contributed by atoms with Crippen LogP contribution in [0.3, 0.4) is 0 Å². The molecular formula is C22H16N2. The molecule has 0 aliphatic rings. The van der Waals surface area contributed by atoms with E-state index in [1.54, 1.807) is 12.4 Å². The summed E-state index contributed by atoms with van der Waals surface area (Å²) in [6.07, 6.45) is 3.56. The minimum atomic E-state index is 0.746. The largest absolute Gasteiger partial charge is 0.237 e. The van der Waals surface area contributed by atoms with Gasteiger partial charge in [-0.3, -0.25) is 0 Å². The molecule has 2 nitrogen and oxygen atoms in total. The molecule has 0 fully saturated rings. The van der Waals surface area contributed by atoms with Crippen LogP contribution in [-0.4, -0.2) is 9.97 Å². The molecule has 1 heterocycles. The highest BCUT2D eigenvalue weighted by Crippen LogP contribution is 2.36. The predicted molar refractivity (Wildman–Crippen MR) is 98.3 cm³/mol. The lowest BCUT2D eigenvalue weighted by Gasteiger charge is -2.13. The van der Waals surface area contributed by atoms with Crippen molar-refractivity contribution >= 4 is 0 Å². The van der Waals surface area contributed by atoms with Gasteiger partial charge in [-0.15, -0.1) is 0 Å². The Kier molecular flexibility index (Phi) is 3.86. The number of benzene rings is 3. The zero-order valence-electron chi connectivity index (χ0n) is 13.1. The third kappa shape index (κ3) is 2.70. The van der Waals surface area contributed by atoms with Crippen molar-refractivity contribution in [1.82, 2.24) is 9.97 Å². The van der Waals surface area contributed by atoms with Gasteiger partial charge in [0.05, 0.1) is 0 Å². The molecule has 2 heteroatoms. The van der Waals surface area contributed by atoms with E-state index in [0.717, 1.165) is 17.0 Å². The summed E-state index contributed by atoms with van der Waals surface area (Å²) < 4.78 is 0. The summed E-state index contributed by atoms with van der Waals surface area (Å²) in [5.74, 6) is 0.746. The molecular weight excluding hydrogens is 292 g/mol. The standard InChI is InChI=1S/C22H16N2/c1-2-9-17(10-3-1)18-11-4-5-12-19(18)20-13-6-7-14-21(20)22-23-15-8-16-24-22/h1-16H. The zero-order valence-corrected chi connectivity index (χ0v) is 13.1. The van der Waals surface area contributed by atoms with Gasteiger partial charge in [0.15, 0.2) is 5.82 Å². The van der Waals surface area contributed by atoms with Crippen LogP contribution in [0.2, 0.25) is 0 Å². The molecule has 1 aromatic heterocycles. The first-order chi connectivity index (χ1) is 11.9. The smallest absolute Gasteiger partial charge is 0.159 e. The second-order valence-electron chi connectivity index (χ2n) is 5.53. The fourth-order valence-corrected chi connectivity index (χ4v) is 2.94. The van der Waals surface area contributed by atoms with Crippen LogP contribution in [0.15, 0.2) is 97.3 Å². The first-order valence-electron chi connectivity index (χ1n) is 7.95. The van der Waals surface area contributed by atoms with Crippen molar-refractivity contribution in [1.29, 1.82) is 0 Å². The third-order valence-corrected chi connectivity index (χ3v) is 4.04. The predicted octanol–water partition coefficient (Wildman–Crippen LogP) is 5.48. The van der Waals surface area contributed by atoms with Crippen molar-refractivity contribution in [3.8, 4) is 33.6 Å². The third-order valence-electron chi connectivity index (χ3n) is 4.04. The summed E-state index contributed by atoms with van der Waals surface area (Å²) in [6, 6.07) is 29.1. The molecule has 4 aromatic rings.